The number of benzene rings is 4. The highest BCUT2D eigenvalue weighted by atomic mass is 32.2. The topological polar surface area (TPSA) is 166 Å². The van der Waals surface area contributed by atoms with Gasteiger partial charge >= 0.3 is 0 Å². The van der Waals surface area contributed by atoms with E-state index in [0.717, 1.165) is 10.5 Å². The maximum absolute atomic E-state index is 13.9. The minimum absolute atomic E-state index is 0.0530. The summed E-state index contributed by atoms with van der Waals surface area (Å²) in [5, 5.41) is 13.1. The van der Waals surface area contributed by atoms with Gasteiger partial charge in [-0.3, -0.25) is 19.8 Å². The van der Waals surface area contributed by atoms with Crippen LogP contribution in [-0.2, 0) is 14.4 Å². The standard InChI is InChI=1S/C36H32N10O3S/c1-22(47)37-26-11-15-28(16-12-26)39-34-42-35(40-29-17-13-27(14-18-29)38-23(2)48)44-36(43-34)45-46-32(25-7-5-4-6-8-25)41-31(33(46)49)21-24-9-19-30(50-3)20-10-24/h4-21H,1-3H3,(H,37,47)(H,38,48)(H3,39,40,42,43,44,45). The van der Waals surface area contributed by atoms with E-state index in [9.17, 15) is 14.4 Å². The van der Waals surface area contributed by atoms with Crippen LogP contribution in [0.5, 0.6) is 0 Å². The van der Waals surface area contributed by atoms with Gasteiger partial charge < -0.3 is 21.3 Å². The van der Waals surface area contributed by atoms with Crippen LogP contribution in [0.1, 0.15) is 25.0 Å². The number of nitrogens with zero attached hydrogens (tertiary/aromatic N) is 5. The lowest BCUT2D eigenvalue weighted by Crippen LogP contribution is -2.38. The van der Waals surface area contributed by atoms with Crippen molar-refractivity contribution in [1.29, 1.82) is 0 Å². The molecule has 0 saturated heterocycles. The summed E-state index contributed by atoms with van der Waals surface area (Å²) in [6, 6.07) is 31.2. The Balaban J connectivity index is 1.33. The van der Waals surface area contributed by atoms with Crippen LogP contribution in [0.15, 0.2) is 119 Å². The van der Waals surface area contributed by atoms with E-state index in [2.05, 4.69) is 41.6 Å². The van der Waals surface area contributed by atoms with Gasteiger partial charge in [0.05, 0.1) is 0 Å². The molecular weight excluding hydrogens is 653 g/mol. The van der Waals surface area contributed by atoms with Gasteiger partial charge in [-0.05, 0) is 78.6 Å². The normalized spacial score (nSPS) is 13.1. The van der Waals surface area contributed by atoms with E-state index in [1.54, 1.807) is 66.4 Å². The number of hydrogen-bond donors (Lipinski definition) is 5. The Morgan fingerprint density at radius 3 is 1.66 bits per heavy atom. The Hall–Kier alpha value is -6.54. The average molecular weight is 685 g/mol. The molecule has 0 fully saturated rings. The molecule has 0 atom stereocenters. The van der Waals surface area contributed by atoms with Crippen molar-refractivity contribution < 1.29 is 14.4 Å². The molecule has 0 spiro atoms. The molecule has 0 bridgehead atoms. The van der Waals surface area contributed by atoms with Crippen LogP contribution in [-0.4, -0.2) is 49.8 Å². The first-order valence-electron chi connectivity index (χ1n) is 15.4. The minimum atomic E-state index is -0.399. The van der Waals surface area contributed by atoms with Crippen LogP contribution < -0.4 is 26.7 Å². The molecule has 6 rings (SSSR count). The molecule has 0 aliphatic carbocycles. The van der Waals surface area contributed by atoms with Crippen molar-refractivity contribution in [2.45, 2.75) is 18.7 Å². The molecule has 1 aliphatic rings. The van der Waals surface area contributed by atoms with E-state index in [1.807, 2.05) is 60.9 Å². The fourth-order valence-electron chi connectivity index (χ4n) is 4.84. The molecule has 1 aliphatic heterocycles. The summed E-state index contributed by atoms with van der Waals surface area (Å²) in [6.07, 6.45) is 3.74. The molecule has 5 aromatic rings. The minimum Gasteiger partial charge on any atom is -0.326 e. The maximum Gasteiger partial charge on any atom is 0.297 e. The SMILES string of the molecule is CSc1ccc(C=C2N=C(c3ccccc3)N(Nc3nc(Nc4ccc(NC(C)=O)cc4)nc(Nc4ccc(NC(C)=O)cc4)n3)C2=O)cc1. The molecule has 14 heteroatoms. The quantitative estimate of drug-likeness (QED) is 0.0751. The van der Waals surface area contributed by atoms with Crippen molar-refractivity contribution in [2.24, 2.45) is 4.99 Å². The largest absolute Gasteiger partial charge is 0.326 e. The summed E-state index contributed by atoms with van der Waals surface area (Å²) < 4.78 is 0. The number of aromatic nitrogens is 3. The molecule has 13 nitrogen and oxygen atoms in total. The third-order valence-electron chi connectivity index (χ3n) is 7.08. The predicted molar refractivity (Wildman–Crippen MR) is 198 cm³/mol. The second-order valence-corrected chi connectivity index (χ2v) is 11.8. The van der Waals surface area contributed by atoms with Gasteiger partial charge in [-0.2, -0.15) is 20.0 Å². The molecular formula is C36H32N10O3S. The lowest BCUT2D eigenvalue weighted by Gasteiger charge is -2.20. The molecule has 3 amide bonds. The van der Waals surface area contributed by atoms with E-state index in [1.165, 1.54) is 18.9 Å². The number of hydrogen-bond acceptors (Lipinski definition) is 11. The van der Waals surface area contributed by atoms with Crippen LogP contribution in [0.3, 0.4) is 0 Å². The van der Waals surface area contributed by atoms with Gasteiger partial charge in [0, 0.05) is 47.1 Å². The number of rotatable bonds is 11. The van der Waals surface area contributed by atoms with Gasteiger partial charge in [0.1, 0.15) is 5.70 Å². The molecule has 4 aromatic carbocycles. The van der Waals surface area contributed by atoms with Crippen LogP contribution in [0.25, 0.3) is 6.08 Å². The summed E-state index contributed by atoms with van der Waals surface area (Å²) >= 11 is 1.64. The van der Waals surface area contributed by atoms with Gasteiger partial charge in [-0.1, -0.05) is 42.5 Å². The molecule has 1 aromatic heterocycles. The monoisotopic (exact) mass is 684 g/mol. The van der Waals surface area contributed by atoms with E-state index in [-0.39, 0.29) is 35.4 Å². The van der Waals surface area contributed by atoms with Crippen LogP contribution in [0.2, 0.25) is 0 Å². The zero-order chi connectivity index (χ0) is 35.0. The Morgan fingerprint density at radius 2 is 1.16 bits per heavy atom. The van der Waals surface area contributed by atoms with Gasteiger partial charge in [0.25, 0.3) is 5.91 Å². The van der Waals surface area contributed by atoms with Gasteiger partial charge in [-0.15, -0.1) is 11.8 Å². The lowest BCUT2D eigenvalue weighted by molar-refractivity contribution is -0.121. The molecule has 250 valence electrons. The lowest BCUT2D eigenvalue weighted by atomic mass is 10.2. The number of amidine groups is 1. The summed E-state index contributed by atoms with van der Waals surface area (Å²) in [7, 11) is 0. The first-order valence-corrected chi connectivity index (χ1v) is 16.6. The molecule has 0 radical (unpaired) electrons. The number of hydrazine groups is 1. The van der Waals surface area contributed by atoms with Crippen LogP contribution in [0.4, 0.5) is 40.6 Å². The van der Waals surface area contributed by atoms with Gasteiger partial charge in [-0.25, -0.2) is 4.99 Å². The van der Waals surface area contributed by atoms with Crippen molar-refractivity contribution in [3.63, 3.8) is 0 Å². The number of aliphatic imine (C=N–C) groups is 1. The number of anilines is 7. The Bertz CT molecular complexity index is 2010. The highest BCUT2D eigenvalue weighted by Crippen LogP contribution is 2.26. The average Bonchev–Trinajstić information content (AvgIpc) is 3.40. The maximum atomic E-state index is 13.9. The van der Waals surface area contributed by atoms with Crippen molar-refractivity contribution >= 4 is 82.0 Å². The summed E-state index contributed by atoms with van der Waals surface area (Å²) in [4.78, 5) is 56.4. The van der Waals surface area contributed by atoms with Crippen LogP contribution in [0, 0.1) is 0 Å². The number of nitrogens with one attached hydrogen (secondary N) is 5. The second kappa shape index (κ2) is 15.1. The zero-order valence-corrected chi connectivity index (χ0v) is 28.1. The smallest absolute Gasteiger partial charge is 0.297 e. The third-order valence-corrected chi connectivity index (χ3v) is 7.83. The fourth-order valence-corrected chi connectivity index (χ4v) is 5.24. The first kappa shape index (κ1) is 33.4. The molecule has 2 heterocycles. The summed E-state index contributed by atoms with van der Waals surface area (Å²) in [5.41, 5.74) is 7.38. The van der Waals surface area contributed by atoms with Crippen molar-refractivity contribution in [3.05, 3.63) is 120 Å². The first-order chi connectivity index (χ1) is 24.2. The van der Waals surface area contributed by atoms with Crippen molar-refractivity contribution in [1.82, 2.24) is 20.0 Å². The number of thioether (sulfide) groups is 1. The summed E-state index contributed by atoms with van der Waals surface area (Å²) in [6.45, 7) is 2.88. The second-order valence-electron chi connectivity index (χ2n) is 10.9. The van der Waals surface area contributed by atoms with Gasteiger partial charge in [0.15, 0.2) is 5.84 Å². The Morgan fingerprint density at radius 1 is 0.660 bits per heavy atom. The molecule has 0 unspecified atom stereocenters. The molecule has 50 heavy (non-hydrogen) atoms. The van der Waals surface area contributed by atoms with Crippen molar-refractivity contribution in [2.75, 3.05) is 32.9 Å². The Labute approximate surface area is 292 Å². The third kappa shape index (κ3) is 8.48. The van der Waals surface area contributed by atoms with Gasteiger partial charge in [0.2, 0.25) is 29.7 Å². The highest BCUT2D eigenvalue weighted by Gasteiger charge is 2.32. The van der Waals surface area contributed by atoms with E-state index >= 15 is 0 Å². The number of carbonyl (C=O) groups is 3. The fraction of sp³-hybridized carbons (Fsp3) is 0.0833. The number of carbonyl (C=O) groups excluding carboxylic acids is 3. The van der Waals surface area contributed by atoms with E-state index < -0.39 is 5.91 Å². The predicted octanol–water partition coefficient (Wildman–Crippen LogP) is 6.65. The van der Waals surface area contributed by atoms with Crippen LogP contribution >= 0.6 is 11.8 Å². The number of amides is 3. The highest BCUT2D eigenvalue weighted by molar-refractivity contribution is 7.98. The molecule has 5 N–H and O–H groups in total. The Kier molecular flexibility index (Phi) is 10.1. The zero-order valence-electron chi connectivity index (χ0n) is 27.3. The van der Waals surface area contributed by atoms with Crippen molar-refractivity contribution in [3.8, 4) is 0 Å². The van der Waals surface area contributed by atoms with E-state index in [4.69, 9.17) is 4.99 Å². The molecule has 0 saturated carbocycles. The summed E-state index contributed by atoms with van der Waals surface area (Å²) in [5.74, 6) is 0.00113. The van der Waals surface area contributed by atoms with E-state index in [0.29, 0.717) is 34.1 Å².